The van der Waals surface area contributed by atoms with E-state index < -0.39 is 0 Å². The van der Waals surface area contributed by atoms with Crippen LogP contribution in [0.25, 0.3) is 0 Å². The van der Waals surface area contributed by atoms with Crippen molar-refractivity contribution in [3.05, 3.63) is 75.3 Å². The number of carbonyl (C=O) groups excluding carboxylic acids is 1. The summed E-state index contributed by atoms with van der Waals surface area (Å²) in [5.41, 5.74) is 6.10. The van der Waals surface area contributed by atoms with Crippen molar-refractivity contribution in [1.29, 1.82) is 0 Å². The Bertz CT molecular complexity index is 950. The summed E-state index contributed by atoms with van der Waals surface area (Å²) in [6.45, 7) is 3.91. The third kappa shape index (κ3) is 4.47. The maximum absolute atomic E-state index is 12.1. The van der Waals surface area contributed by atoms with E-state index in [2.05, 4.69) is 20.8 Å². The standard InChI is InChI=1S/C19H17ClN4OS/c1-12-7-9-14(10-8-12)22-19-23-17(20)16(26-19)11-21-24-18(25)15-6-4-3-5-13(15)2/h3-11H,1-2H3,(H,22,23)(H,24,25)/b21-11+. The molecule has 2 N–H and O–H groups in total. The summed E-state index contributed by atoms with van der Waals surface area (Å²) in [6, 6.07) is 15.3. The maximum atomic E-state index is 12.1. The van der Waals surface area contributed by atoms with Gasteiger partial charge < -0.3 is 5.32 Å². The number of rotatable bonds is 5. The summed E-state index contributed by atoms with van der Waals surface area (Å²) in [5.74, 6) is -0.266. The largest absolute Gasteiger partial charge is 0.331 e. The van der Waals surface area contributed by atoms with E-state index in [-0.39, 0.29) is 5.91 Å². The Morgan fingerprint density at radius 2 is 1.88 bits per heavy atom. The van der Waals surface area contributed by atoms with Gasteiger partial charge in [0.2, 0.25) is 0 Å². The second kappa shape index (κ2) is 8.12. The molecule has 132 valence electrons. The first-order chi connectivity index (χ1) is 12.5. The summed E-state index contributed by atoms with van der Waals surface area (Å²) >= 11 is 7.50. The molecule has 0 saturated heterocycles. The average molecular weight is 385 g/mol. The van der Waals surface area contributed by atoms with Crippen molar-refractivity contribution in [1.82, 2.24) is 10.4 Å². The number of aromatic nitrogens is 1. The SMILES string of the molecule is Cc1ccc(Nc2nc(Cl)c(/C=N/NC(=O)c3ccccc3C)s2)cc1. The number of benzene rings is 2. The van der Waals surface area contributed by atoms with Crippen molar-refractivity contribution in [2.24, 2.45) is 5.10 Å². The van der Waals surface area contributed by atoms with Gasteiger partial charge >= 0.3 is 0 Å². The van der Waals surface area contributed by atoms with Gasteiger partial charge in [0.15, 0.2) is 10.3 Å². The van der Waals surface area contributed by atoms with E-state index in [9.17, 15) is 4.79 Å². The first-order valence-electron chi connectivity index (χ1n) is 7.92. The molecule has 1 heterocycles. The van der Waals surface area contributed by atoms with E-state index in [0.29, 0.717) is 20.7 Å². The van der Waals surface area contributed by atoms with Gasteiger partial charge in [-0.05, 0) is 37.6 Å². The van der Waals surface area contributed by atoms with Gasteiger partial charge in [0.05, 0.1) is 11.1 Å². The molecule has 2 aromatic carbocycles. The molecule has 3 aromatic rings. The molecule has 0 atom stereocenters. The van der Waals surface area contributed by atoms with E-state index in [4.69, 9.17) is 11.6 Å². The van der Waals surface area contributed by atoms with Crippen LogP contribution in [0, 0.1) is 13.8 Å². The van der Waals surface area contributed by atoms with Crippen molar-refractivity contribution < 1.29 is 4.79 Å². The molecular weight excluding hydrogens is 368 g/mol. The molecule has 5 nitrogen and oxygen atoms in total. The van der Waals surface area contributed by atoms with Crippen LogP contribution >= 0.6 is 22.9 Å². The number of hydrogen-bond donors (Lipinski definition) is 2. The summed E-state index contributed by atoms with van der Waals surface area (Å²) < 4.78 is 0. The van der Waals surface area contributed by atoms with Crippen LogP contribution in [0.5, 0.6) is 0 Å². The smallest absolute Gasteiger partial charge is 0.271 e. The van der Waals surface area contributed by atoms with Crippen molar-refractivity contribution in [3.63, 3.8) is 0 Å². The maximum Gasteiger partial charge on any atom is 0.271 e. The molecule has 3 rings (SSSR count). The zero-order valence-electron chi connectivity index (χ0n) is 14.3. The highest BCUT2D eigenvalue weighted by Crippen LogP contribution is 2.28. The van der Waals surface area contributed by atoms with Crippen LogP contribution in [-0.2, 0) is 0 Å². The highest BCUT2D eigenvalue weighted by Gasteiger charge is 2.09. The number of halogens is 1. The van der Waals surface area contributed by atoms with Crippen LogP contribution in [0.2, 0.25) is 5.15 Å². The topological polar surface area (TPSA) is 66.4 Å². The first-order valence-corrected chi connectivity index (χ1v) is 9.11. The van der Waals surface area contributed by atoms with Gasteiger partial charge in [-0.15, -0.1) is 0 Å². The summed E-state index contributed by atoms with van der Waals surface area (Å²) in [5, 5.41) is 8.17. The molecule has 0 fully saturated rings. The number of anilines is 2. The summed E-state index contributed by atoms with van der Waals surface area (Å²) in [7, 11) is 0. The Morgan fingerprint density at radius 1 is 1.15 bits per heavy atom. The van der Waals surface area contributed by atoms with Crippen LogP contribution in [0.15, 0.2) is 53.6 Å². The number of hydrazone groups is 1. The molecular formula is C19H17ClN4OS. The Balaban J connectivity index is 1.65. The predicted molar refractivity (Wildman–Crippen MR) is 108 cm³/mol. The normalized spacial score (nSPS) is 10.9. The highest BCUT2D eigenvalue weighted by atomic mass is 35.5. The lowest BCUT2D eigenvalue weighted by atomic mass is 10.1. The lowest BCUT2D eigenvalue weighted by molar-refractivity contribution is 0.0954. The number of nitrogens with one attached hydrogen (secondary N) is 2. The second-order valence-electron chi connectivity index (χ2n) is 5.68. The third-order valence-corrected chi connectivity index (χ3v) is 4.96. The Labute approximate surface area is 160 Å². The Hall–Kier alpha value is -2.70. The van der Waals surface area contributed by atoms with Gasteiger partial charge in [-0.2, -0.15) is 5.10 Å². The second-order valence-corrected chi connectivity index (χ2v) is 7.07. The number of aryl methyl sites for hydroxylation is 2. The molecule has 0 spiro atoms. The van der Waals surface area contributed by atoms with Crippen molar-refractivity contribution in [2.75, 3.05) is 5.32 Å². The minimum atomic E-state index is -0.266. The van der Waals surface area contributed by atoms with Gasteiger partial charge in [0.1, 0.15) is 0 Å². The number of amides is 1. The van der Waals surface area contributed by atoms with E-state index in [1.807, 2.05) is 56.3 Å². The highest BCUT2D eigenvalue weighted by molar-refractivity contribution is 7.17. The zero-order valence-corrected chi connectivity index (χ0v) is 15.9. The molecule has 0 bridgehead atoms. The molecule has 0 unspecified atom stereocenters. The monoisotopic (exact) mass is 384 g/mol. The molecule has 0 aliphatic heterocycles. The molecule has 1 aromatic heterocycles. The Morgan fingerprint density at radius 3 is 2.62 bits per heavy atom. The summed E-state index contributed by atoms with van der Waals surface area (Å²) in [4.78, 5) is 17.1. The fourth-order valence-corrected chi connectivity index (χ4v) is 3.29. The van der Waals surface area contributed by atoms with E-state index >= 15 is 0 Å². The van der Waals surface area contributed by atoms with Crippen molar-refractivity contribution in [2.45, 2.75) is 13.8 Å². The first kappa shape index (κ1) is 18.1. The minimum Gasteiger partial charge on any atom is -0.331 e. The Kier molecular flexibility index (Phi) is 5.65. The number of hydrogen-bond acceptors (Lipinski definition) is 5. The van der Waals surface area contributed by atoms with Crippen LogP contribution in [-0.4, -0.2) is 17.1 Å². The molecule has 26 heavy (non-hydrogen) atoms. The number of thiazole rings is 1. The van der Waals surface area contributed by atoms with E-state index in [1.165, 1.54) is 23.1 Å². The van der Waals surface area contributed by atoms with E-state index in [0.717, 1.165) is 11.3 Å². The number of nitrogens with zero attached hydrogens (tertiary/aromatic N) is 2. The molecule has 0 aliphatic carbocycles. The average Bonchev–Trinajstić information content (AvgIpc) is 2.96. The van der Waals surface area contributed by atoms with E-state index in [1.54, 1.807) is 6.07 Å². The van der Waals surface area contributed by atoms with Gasteiger partial charge in [-0.25, -0.2) is 10.4 Å². The lowest BCUT2D eigenvalue weighted by Gasteiger charge is -2.02. The number of carbonyl (C=O) groups is 1. The van der Waals surface area contributed by atoms with Gasteiger partial charge in [0, 0.05) is 11.3 Å². The van der Waals surface area contributed by atoms with Crippen LogP contribution in [0.1, 0.15) is 26.4 Å². The molecule has 1 amide bonds. The van der Waals surface area contributed by atoms with Gasteiger partial charge in [-0.1, -0.05) is 58.8 Å². The quantitative estimate of drug-likeness (QED) is 0.484. The van der Waals surface area contributed by atoms with Gasteiger partial charge in [-0.3, -0.25) is 4.79 Å². The lowest BCUT2D eigenvalue weighted by Crippen LogP contribution is -2.18. The predicted octanol–water partition coefficient (Wildman–Crippen LogP) is 4.92. The molecule has 0 saturated carbocycles. The molecule has 0 aliphatic rings. The molecule has 0 radical (unpaired) electrons. The molecule has 7 heteroatoms. The zero-order chi connectivity index (χ0) is 18.5. The minimum absolute atomic E-state index is 0.266. The van der Waals surface area contributed by atoms with Crippen molar-refractivity contribution >= 4 is 45.9 Å². The third-order valence-electron chi connectivity index (χ3n) is 3.65. The summed E-state index contributed by atoms with van der Waals surface area (Å²) in [6.07, 6.45) is 1.50. The fraction of sp³-hybridized carbons (Fsp3) is 0.105. The van der Waals surface area contributed by atoms with Crippen molar-refractivity contribution in [3.8, 4) is 0 Å². The van der Waals surface area contributed by atoms with Crippen LogP contribution in [0.3, 0.4) is 0 Å². The van der Waals surface area contributed by atoms with Crippen LogP contribution in [0.4, 0.5) is 10.8 Å². The van der Waals surface area contributed by atoms with Crippen LogP contribution < -0.4 is 10.7 Å². The fourth-order valence-electron chi connectivity index (χ4n) is 2.24. The van der Waals surface area contributed by atoms with Gasteiger partial charge in [0.25, 0.3) is 5.91 Å².